The summed E-state index contributed by atoms with van der Waals surface area (Å²) in [6.07, 6.45) is 1.67. The summed E-state index contributed by atoms with van der Waals surface area (Å²) >= 11 is 0. The predicted molar refractivity (Wildman–Crippen MR) is 154 cm³/mol. The van der Waals surface area contributed by atoms with E-state index in [0.717, 1.165) is 55.7 Å². The molecule has 3 amide bonds. The van der Waals surface area contributed by atoms with E-state index in [0.29, 0.717) is 19.6 Å². The molecule has 2 fully saturated rings. The first-order chi connectivity index (χ1) is 18.6. The van der Waals surface area contributed by atoms with E-state index in [4.69, 9.17) is 4.74 Å². The van der Waals surface area contributed by atoms with Crippen LogP contribution in [0.5, 0.6) is 0 Å². The number of ether oxygens (including phenoxy) is 1. The van der Waals surface area contributed by atoms with Crippen LogP contribution < -0.4 is 16.0 Å². The van der Waals surface area contributed by atoms with E-state index in [1.165, 1.54) is 0 Å². The molecule has 2 aliphatic rings. The Balaban J connectivity index is 1.15. The van der Waals surface area contributed by atoms with E-state index in [-0.39, 0.29) is 24.2 Å². The summed E-state index contributed by atoms with van der Waals surface area (Å²) in [5.74, 6) is 0. The van der Waals surface area contributed by atoms with Gasteiger partial charge in [0.2, 0.25) is 0 Å². The zero-order valence-corrected chi connectivity index (χ0v) is 23.4. The van der Waals surface area contributed by atoms with Crippen LogP contribution in [0.25, 0.3) is 11.1 Å². The Morgan fingerprint density at radius 2 is 1.51 bits per heavy atom. The Hall–Kier alpha value is -3.14. The van der Waals surface area contributed by atoms with Crippen molar-refractivity contribution in [2.24, 2.45) is 0 Å². The van der Waals surface area contributed by atoms with E-state index in [1.807, 2.05) is 75.4 Å². The summed E-state index contributed by atoms with van der Waals surface area (Å²) in [6, 6.07) is 17.8. The van der Waals surface area contributed by atoms with Crippen molar-refractivity contribution in [3.63, 3.8) is 0 Å². The lowest BCUT2D eigenvalue weighted by atomic mass is 10.0. The quantitative estimate of drug-likeness (QED) is 0.407. The fourth-order valence-electron chi connectivity index (χ4n) is 5.31. The minimum absolute atomic E-state index is 0.0414. The summed E-state index contributed by atoms with van der Waals surface area (Å²) in [6.45, 7) is 9.93. The molecule has 0 saturated carbocycles. The third-order valence-electron chi connectivity index (χ3n) is 7.11. The topological polar surface area (TPSA) is 106 Å². The van der Waals surface area contributed by atoms with Gasteiger partial charge in [0, 0.05) is 56.9 Å². The number of nitrogens with one attached hydrogen (secondary N) is 3. The molecule has 0 aliphatic carbocycles. The maximum atomic E-state index is 12.8. The van der Waals surface area contributed by atoms with Crippen LogP contribution in [0.15, 0.2) is 54.6 Å². The van der Waals surface area contributed by atoms with Gasteiger partial charge in [-0.3, -0.25) is 4.90 Å². The van der Waals surface area contributed by atoms with Crippen molar-refractivity contribution in [2.45, 2.75) is 63.8 Å². The molecule has 9 nitrogen and oxygen atoms in total. The second kappa shape index (κ2) is 13.3. The first-order valence-corrected chi connectivity index (χ1v) is 14.0. The number of amides is 3. The Kier molecular flexibility index (Phi) is 9.83. The van der Waals surface area contributed by atoms with Gasteiger partial charge in [0.1, 0.15) is 5.60 Å². The summed E-state index contributed by atoms with van der Waals surface area (Å²) in [5, 5.41) is 19.8. The van der Waals surface area contributed by atoms with Gasteiger partial charge in [0.15, 0.2) is 0 Å². The molecule has 2 atom stereocenters. The fourth-order valence-corrected chi connectivity index (χ4v) is 5.31. The minimum Gasteiger partial charge on any atom is -0.444 e. The van der Waals surface area contributed by atoms with Crippen molar-refractivity contribution in [3.8, 4) is 11.1 Å². The summed E-state index contributed by atoms with van der Waals surface area (Å²) in [4.78, 5) is 29.2. The van der Waals surface area contributed by atoms with Crippen LogP contribution in [0, 0.1) is 0 Å². The number of benzene rings is 2. The number of alkyl carbamates (subject to hydrolysis) is 1. The number of carbonyl (C=O) groups is 2. The molecule has 0 aromatic heterocycles. The Morgan fingerprint density at radius 1 is 0.897 bits per heavy atom. The molecular formula is C30H43N5O4. The Morgan fingerprint density at radius 3 is 2.23 bits per heavy atom. The second-order valence-corrected chi connectivity index (χ2v) is 11.6. The molecule has 9 heteroatoms. The molecule has 2 unspecified atom stereocenters. The Labute approximate surface area is 231 Å². The molecule has 2 aliphatic heterocycles. The highest BCUT2D eigenvalue weighted by atomic mass is 16.6. The summed E-state index contributed by atoms with van der Waals surface area (Å²) < 4.78 is 5.35. The van der Waals surface area contributed by atoms with E-state index < -0.39 is 11.7 Å². The highest BCUT2D eigenvalue weighted by molar-refractivity contribution is 5.94. The van der Waals surface area contributed by atoms with Crippen LogP contribution in [0.4, 0.5) is 15.3 Å². The molecule has 2 heterocycles. The van der Waals surface area contributed by atoms with Crippen LogP contribution in [0.1, 0.15) is 40.0 Å². The molecule has 2 aromatic rings. The number of β-amino-alcohol motifs (C(OH)–C–C–N with tert-alkyl or cyclic N) is 1. The zero-order chi connectivity index (χ0) is 27.8. The van der Waals surface area contributed by atoms with E-state index in [2.05, 4.69) is 25.8 Å². The SMILES string of the molecule is CC(C)(C)OC(=O)NC1CCN(CC(O)CN2CCC(NC(=O)Nc3ccccc3-c3ccccc3)CC2)C1. The number of hydrogen-bond acceptors (Lipinski definition) is 6. The maximum Gasteiger partial charge on any atom is 0.407 e. The van der Waals surface area contributed by atoms with Gasteiger partial charge in [-0.1, -0.05) is 48.5 Å². The molecular weight excluding hydrogens is 494 g/mol. The molecule has 4 N–H and O–H groups in total. The van der Waals surface area contributed by atoms with Crippen molar-refractivity contribution in [3.05, 3.63) is 54.6 Å². The van der Waals surface area contributed by atoms with Crippen LogP contribution in [0.3, 0.4) is 0 Å². The molecule has 2 saturated heterocycles. The molecule has 4 rings (SSSR count). The van der Waals surface area contributed by atoms with Gasteiger partial charge in [-0.25, -0.2) is 9.59 Å². The predicted octanol–water partition coefficient (Wildman–Crippen LogP) is 3.90. The smallest absolute Gasteiger partial charge is 0.407 e. The molecule has 212 valence electrons. The van der Waals surface area contributed by atoms with E-state index in [9.17, 15) is 14.7 Å². The van der Waals surface area contributed by atoms with Gasteiger partial charge in [-0.05, 0) is 51.7 Å². The van der Waals surface area contributed by atoms with Crippen molar-refractivity contribution < 1.29 is 19.4 Å². The third kappa shape index (κ3) is 9.23. The first kappa shape index (κ1) is 28.9. The minimum atomic E-state index is -0.515. The first-order valence-electron chi connectivity index (χ1n) is 14.0. The van der Waals surface area contributed by atoms with Crippen molar-refractivity contribution in [1.82, 2.24) is 20.4 Å². The molecule has 2 aromatic carbocycles. The number of aliphatic hydroxyl groups excluding tert-OH is 1. The average molecular weight is 538 g/mol. The Bertz CT molecular complexity index is 1080. The number of aliphatic hydroxyl groups is 1. The van der Waals surface area contributed by atoms with Gasteiger partial charge < -0.3 is 30.7 Å². The maximum absolute atomic E-state index is 12.8. The van der Waals surface area contributed by atoms with Gasteiger partial charge in [0.25, 0.3) is 0 Å². The number of nitrogens with zero attached hydrogens (tertiary/aromatic N) is 2. The zero-order valence-electron chi connectivity index (χ0n) is 23.4. The standard InChI is InChI=1S/C30H43N5O4/c1-30(2,3)39-29(38)32-24-15-18-35(19-24)21-25(36)20-34-16-13-23(14-17-34)31-28(37)33-27-12-8-7-11-26(27)22-9-5-4-6-10-22/h4-12,23-25,36H,13-21H2,1-3H3,(H,32,38)(H2,31,33,37). The molecule has 0 bridgehead atoms. The van der Waals surface area contributed by atoms with Gasteiger partial charge >= 0.3 is 12.1 Å². The molecule has 0 radical (unpaired) electrons. The van der Waals surface area contributed by atoms with Crippen molar-refractivity contribution in [2.75, 3.05) is 44.6 Å². The van der Waals surface area contributed by atoms with Gasteiger partial charge in [0.05, 0.1) is 11.8 Å². The van der Waals surface area contributed by atoms with E-state index >= 15 is 0 Å². The second-order valence-electron chi connectivity index (χ2n) is 11.6. The number of anilines is 1. The highest BCUT2D eigenvalue weighted by Crippen LogP contribution is 2.27. The average Bonchev–Trinajstić information content (AvgIpc) is 3.31. The number of carbonyl (C=O) groups excluding carboxylic acids is 2. The lowest BCUT2D eigenvalue weighted by molar-refractivity contribution is 0.0500. The fraction of sp³-hybridized carbons (Fsp3) is 0.533. The molecule has 0 spiro atoms. The lowest BCUT2D eigenvalue weighted by Crippen LogP contribution is -2.48. The van der Waals surface area contributed by atoms with Crippen molar-refractivity contribution in [1.29, 1.82) is 0 Å². The number of piperidine rings is 1. The number of hydrogen-bond donors (Lipinski definition) is 4. The normalized spacial score (nSPS) is 19.8. The van der Waals surface area contributed by atoms with Crippen LogP contribution in [0.2, 0.25) is 0 Å². The van der Waals surface area contributed by atoms with Gasteiger partial charge in [-0.2, -0.15) is 0 Å². The highest BCUT2D eigenvalue weighted by Gasteiger charge is 2.28. The van der Waals surface area contributed by atoms with Crippen LogP contribution >= 0.6 is 0 Å². The number of urea groups is 1. The van der Waals surface area contributed by atoms with E-state index in [1.54, 1.807) is 0 Å². The number of likely N-dealkylation sites (tertiary alicyclic amines) is 2. The monoisotopic (exact) mass is 537 g/mol. The summed E-state index contributed by atoms with van der Waals surface area (Å²) in [5.41, 5.74) is 2.32. The number of para-hydroxylation sites is 1. The number of rotatable bonds is 8. The molecule has 39 heavy (non-hydrogen) atoms. The summed E-state index contributed by atoms with van der Waals surface area (Å²) in [7, 11) is 0. The lowest BCUT2D eigenvalue weighted by Gasteiger charge is -2.34. The van der Waals surface area contributed by atoms with Crippen LogP contribution in [-0.4, -0.2) is 90.1 Å². The van der Waals surface area contributed by atoms with Crippen LogP contribution in [-0.2, 0) is 4.74 Å². The largest absolute Gasteiger partial charge is 0.444 e. The van der Waals surface area contributed by atoms with Crippen molar-refractivity contribution >= 4 is 17.8 Å². The third-order valence-corrected chi connectivity index (χ3v) is 7.11. The van der Waals surface area contributed by atoms with Gasteiger partial charge in [-0.15, -0.1) is 0 Å².